The normalized spacial score (nSPS) is 12.0. The Bertz CT molecular complexity index is 738. The summed E-state index contributed by atoms with van der Waals surface area (Å²) in [5.41, 5.74) is 3.37. The van der Waals surface area contributed by atoms with Crippen LogP contribution in [0.5, 0.6) is 11.5 Å². The molecule has 0 atom stereocenters. The van der Waals surface area contributed by atoms with Crippen LogP contribution in [0.15, 0.2) is 53.3 Å². The Morgan fingerprint density at radius 3 is 2.74 bits per heavy atom. The summed E-state index contributed by atoms with van der Waals surface area (Å²) in [6, 6.07) is 13.6. The summed E-state index contributed by atoms with van der Waals surface area (Å²) in [6.07, 6.45) is 1.51. The van der Waals surface area contributed by atoms with Crippen LogP contribution in [0.1, 0.15) is 0 Å². The van der Waals surface area contributed by atoms with Gasteiger partial charge < -0.3 is 14.6 Å². The third-order valence-corrected chi connectivity index (χ3v) is 3.03. The monoisotopic (exact) mass is 251 g/mol. The van der Waals surface area contributed by atoms with E-state index in [-0.39, 0.29) is 0 Å². The van der Waals surface area contributed by atoms with Crippen LogP contribution < -0.4 is 10.1 Å². The molecule has 5 heteroatoms. The third-order valence-electron chi connectivity index (χ3n) is 3.03. The molecule has 92 valence electrons. The first-order chi connectivity index (χ1) is 9.42. The minimum absolute atomic E-state index is 0.673. The van der Waals surface area contributed by atoms with Crippen LogP contribution in [0.3, 0.4) is 0 Å². The second-order valence-electron chi connectivity index (χ2n) is 4.19. The number of rotatable bonds is 1. The number of nitrogens with zero attached hydrogens (tertiary/aromatic N) is 2. The van der Waals surface area contributed by atoms with Crippen molar-refractivity contribution in [2.45, 2.75) is 0 Å². The van der Waals surface area contributed by atoms with Gasteiger partial charge in [0, 0.05) is 10.8 Å². The highest BCUT2D eigenvalue weighted by atomic mass is 16.5. The van der Waals surface area contributed by atoms with Gasteiger partial charge in [-0.3, -0.25) is 0 Å². The SMILES string of the molecule is c1ccc2c(c1)Nc1c(cccc1-c1conn1)O2. The Hall–Kier alpha value is -2.82. The highest BCUT2D eigenvalue weighted by molar-refractivity contribution is 5.87. The molecule has 0 bridgehead atoms. The lowest BCUT2D eigenvalue weighted by molar-refractivity contribution is 0.393. The molecule has 0 fully saturated rings. The van der Waals surface area contributed by atoms with Gasteiger partial charge in [-0.2, -0.15) is 0 Å². The predicted octanol–water partition coefficient (Wildman–Crippen LogP) is 3.59. The highest BCUT2D eigenvalue weighted by Crippen LogP contribution is 2.45. The largest absolute Gasteiger partial charge is 0.453 e. The van der Waals surface area contributed by atoms with Crippen LogP contribution >= 0.6 is 0 Å². The number of fused-ring (bicyclic) bond motifs is 2. The number of hydrogen-bond donors (Lipinski definition) is 1. The Balaban J connectivity index is 1.88. The van der Waals surface area contributed by atoms with Gasteiger partial charge in [0.25, 0.3) is 0 Å². The molecule has 2 aromatic carbocycles. The van der Waals surface area contributed by atoms with Gasteiger partial charge in [-0.1, -0.05) is 24.3 Å². The summed E-state index contributed by atoms with van der Waals surface area (Å²) in [5.74, 6) is 1.57. The first-order valence-corrected chi connectivity index (χ1v) is 5.86. The highest BCUT2D eigenvalue weighted by Gasteiger charge is 2.20. The number of para-hydroxylation sites is 3. The number of nitrogens with one attached hydrogen (secondary N) is 1. The van der Waals surface area contributed by atoms with Crippen LogP contribution in [-0.4, -0.2) is 10.4 Å². The number of benzene rings is 2. The van der Waals surface area contributed by atoms with E-state index in [0.29, 0.717) is 5.69 Å². The molecule has 0 saturated carbocycles. The van der Waals surface area contributed by atoms with Crippen LogP contribution in [0, 0.1) is 0 Å². The van der Waals surface area contributed by atoms with Crippen molar-refractivity contribution in [2.75, 3.05) is 5.32 Å². The van der Waals surface area contributed by atoms with Gasteiger partial charge in [-0.15, -0.1) is 5.10 Å². The van der Waals surface area contributed by atoms with Crippen molar-refractivity contribution in [3.8, 4) is 22.8 Å². The van der Waals surface area contributed by atoms with Gasteiger partial charge in [0.1, 0.15) is 5.69 Å². The van der Waals surface area contributed by atoms with Gasteiger partial charge in [0.2, 0.25) is 0 Å². The third kappa shape index (κ3) is 1.55. The molecule has 4 rings (SSSR count). The van der Waals surface area contributed by atoms with E-state index in [1.165, 1.54) is 6.26 Å². The lowest BCUT2D eigenvalue weighted by Gasteiger charge is -2.23. The quantitative estimate of drug-likeness (QED) is 0.560. The molecule has 1 aromatic heterocycles. The summed E-state index contributed by atoms with van der Waals surface area (Å²) < 4.78 is 10.7. The van der Waals surface area contributed by atoms with Crippen LogP contribution in [0.2, 0.25) is 0 Å². The summed E-state index contributed by atoms with van der Waals surface area (Å²) in [4.78, 5) is 0. The molecule has 1 aliphatic heterocycles. The minimum atomic E-state index is 0.673. The van der Waals surface area contributed by atoms with E-state index in [9.17, 15) is 0 Å². The second kappa shape index (κ2) is 3.84. The van der Waals surface area contributed by atoms with Gasteiger partial charge in [-0.05, 0) is 18.2 Å². The Labute approximate surface area is 108 Å². The van der Waals surface area contributed by atoms with Gasteiger partial charge in [-0.25, -0.2) is 0 Å². The summed E-state index contributed by atoms with van der Waals surface area (Å²) in [6.45, 7) is 0. The molecule has 0 spiro atoms. The molecule has 19 heavy (non-hydrogen) atoms. The Morgan fingerprint density at radius 1 is 0.947 bits per heavy atom. The molecule has 0 saturated heterocycles. The van der Waals surface area contributed by atoms with Gasteiger partial charge >= 0.3 is 0 Å². The van der Waals surface area contributed by atoms with Crippen molar-refractivity contribution in [2.24, 2.45) is 0 Å². The Morgan fingerprint density at radius 2 is 1.84 bits per heavy atom. The molecule has 0 amide bonds. The molecular formula is C14H9N3O2. The summed E-state index contributed by atoms with van der Waals surface area (Å²) in [5, 5.41) is 10.8. The van der Waals surface area contributed by atoms with E-state index < -0.39 is 0 Å². The summed E-state index contributed by atoms with van der Waals surface area (Å²) in [7, 11) is 0. The zero-order valence-electron chi connectivity index (χ0n) is 9.83. The molecule has 3 aromatic rings. The average Bonchev–Trinajstić information content (AvgIpc) is 2.98. The van der Waals surface area contributed by atoms with Crippen molar-refractivity contribution in [3.63, 3.8) is 0 Å². The maximum Gasteiger partial charge on any atom is 0.152 e. The topological polar surface area (TPSA) is 60.2 Å². The number of ether oxygens (including phenoxy) is 1. The van der Waals surface area contributed by atoms with Crippen molar-refractivity contribution in [1.29, 1.82) is 0 Å². The van der Waals surface area contributed by atoms with Crippen LogP contribution in [-0.2, 0) is 0 Å². The summed E-state index contributed by atoms with van der Waals surface area (Å²) >= 11 is 0. The molecule has 0 aliphatic carbocycles. The molecule has 5 nitrogen and oxygen atoms in total. The molecule has 0 radical (unpaired) electrons. The van der Waals surface area contributed by atoms with Crippen molar-refractivity contribution in [1.82, 2.24) is 10.4 Å². The van der Waals surface area contributed by atoms with Crippen LogP contribution in [0.4, 0.5) is 11.4 Å². The van der Waals surface area contributed by atoms with Gasteiger partial charge in [0.05, 0.1) is 11.4 Å². The fraction of sp³-hybridized carbons (Fsp3) is 0. The fourth-order valence-corrected chi connectivity index (χ4v) is 2.15. The zero-order valence-corrected chi connectivity index (χ0v) is 9.83. The molecule has 1 N–H and O–H groups in total. The molecule has 0 unspecified atom stereocenters. The number of aromatic nitrogens is 2. The van der Waals surface area contributed by atoms with Crippen molar-refractivity contribution in [3.05, 3.63) is 48.7 Å². The molecular weight excluding hydrogens is 242 g/mol. The lowest BCUT2D eigenvalue weighted by atomic mass is 10.1. The van der Waals surface area contributed by atoms with E-state index in [1.807, 2.05) is 42.5 Å². The van der Waals surface area contributed by atoms with E-state index >= 15 is 0 Å². The van der Waals surface area contributed by atoms with Crippen LogP contribution in [0.25, 0.3) is 11.3 Å². The van der Waals surface area contributed by atoms with E-state index in [2.05, 4.69) is 15.7 Å². The van der Waals surface area contributed by atoms with E-state index in [0.717, 1.165) is 28.4 Å². The Kier molecular flexibility index (Phi) is 2.05. The smallest absolute Gasteiger partial charge is 0.152 e. The first kappa shape index (κ1) is 10.1. The lowest BCUT2D eigenvalue weighted by Crippen LogP contribution is -2.04. The fourth-order valence-electron chi connectivity index (χ4n) is 2.15. The van der Waals surface area contributed by atoms with Gasteiger partial charge in [0.15, 0.2) is 17.8 Å². The van der Waals surface area contributed by atoms with E-state index in [4.69, 9.17) is 9.26 Å². The van der Waals surface area contributed by atoms with E-state index in [1.54, 1.807) is 0 Å². The standard InChI is InChI=1S/C14H9N3O2/c1-2-6-12-10(5-1)15-14-9(11-8-18-17-16-11)4-3-7-13(14)19-12/h1-8,15H. The second-order valence-corrected chi connectivity index (χ2v) is 4.19. The number of hydrogen-bond acceptors (Lipinski definition) is 5. The average molecular weight is 251 g/mol. The molecule has 2 heterocycles. The molecule has 1 aliphatic rings. The maximum atomic E-state index is 5.87. The number of anilines is 2. The minimum Gasteiger partial charge on any atom is -0.453 e. The zero-order chi connectivity index (χ0) is 12.7. The first-order valence-electron chi connectivity index (χ1n) is 5.86. The van der Waals surface area contributed by atoms with Crippen molar-refractivity contribution >= 4 is 11.4 Å². The maximum absolute atomic E-state index is 5.87. The van der Waals surface area contributed by atoms with Crippen molar-refractivity contribution < 1.29 is 9.26 Å². The predicted molar refractivity (Wildman–Crippen MR) is 69.5 cm³/mol.